The summed E-state index contributed by atoms with van der Waals surface area (Å²) in [5.74, 6) is 0.550. The van der Waals surface area contributed by atoms with Crippen LogP contribution in [-0.2, 0) is 11.2 Å². The predicted molar refractivity (Wildman–Crippen MR) is 87.1 cm³/mol. The van der Waals surface area contributed by atoms with Crippen molar-refractivity contribution in [3.05, 3.63) is 35.9 Å². The lowest BCUT2D eigenvalue weighted by atomic mass is 10.0. The molecule has 3 rings (SSSR count). The minimum absolute atomic E-state index is 0.127. The van der Waals surface area contributed by atoms with E-state index in [0.717, 1.165) is 12.8 Å². The van der Waals surface area contributed by atoms with Gasteiger partial charge in [-0.15, -0.1) is 0 Å². The molecule has 4 nitrogen and oxygen atoms in total. The maximum Gasteiger partial charge on any atom is 0.408 e. The molecule has 7 heteroatoms. The van der Waals surface area contributed by atoms with Gasteiger partial charge in [-0.3, -0.25) is 0 Å². The highest BCUT2D eigenvalue weighted by Crippen LogP contribution is 2.38. The molecule has 1 aromatic carbocycles. The van der Waals surface area contributed by atoms with Crippen molar-refractivity contribution in [2.45, 2.75) is 56.5 Å². The molecule has 0 bridgehead atoms. The van der Waals surface area contributed by atoms with Gasteiger partial charge >= 0.3 is 12.2 Å². The zero-order chi connectivity index (χ0) is 17.9. The number of benzene rings is 1. The van der Waals surface area contributed by atoms with Gasteiger partial charge in [-0.05, 0) is 37.2 Å². The molecule has 1 aliphatic heterocycles. The largest absolute Gasteiger partial charge is 0.408 e. The summed E-state index contributed by atoms with van der Waals surface area (Å²) in [6, 6.07) is 5.55. The van der Waals surface area contributed by atoms with Gasteiger partial charge in [0.05, 0.1) is 6.10 Å². The molecule has 1 saturated heterocycles. The van der Waals surface area contributed by atoms with Gasteiger partial charge in [0, 0.05) is 19.1 Å². The topological polar surface area (TPSA) is 50.4 Å². The Morgan fingerprint density at radius 2 is 1.92 bits per heavy atom. The van der Waals surface area contributed by atoms with Gasteiger partial charge in [0.15, 0.2) is 0 Å². The summed E-state index contributed by atoms with van der Waals surface area (Å²) < 4.78 is 45.5. The second-order valence-electron chi connectivity index (χ2n) is 6.87. The van der Waals surface area contributed by atoms with Crippen molar-refractivity contribution in [2.24, 2.45) is 5.92 Å². The monoisotopic (exact) mass is 356 g/mol. The molecule has 2 fully saturated rings. The van der Waals surface area contributed by atoms with Crippen LogP contribution in [0, 0.1) is 5.92 Å². The second kappa shape index (κ2) is 7.64. The second-order valence-corrected chi connectivity index (χ2v) is 6.87. The zero-order valence-corrected chi connectivity index (χ0v) is 13.9. The predicted octanol–water partition coefficient (Wildman–Crippen LogP) is 3.42. The third kappa shape index (κ3) is 5.36. The minimum atomic E-state index is -4.50. The molecule has 1 aliphatic carbocycles. The maximum atomic E-state index is 13.3. The number of amides is 2. The van der Waals surface area contributed by atoms with Crippen LogP contribution in [0.3, 0.4) is 0 Å². The van der Waals surface area contributed by atoms with E-state index in [2.05, 4.69) is 10.6 Å². The number of hydrogen-bond acceptors (Lipinski definition) is 2. The van der Waals surface area contributed by atoms with Crippen LogP contribution in [0.25, 0.3) is 0 Å². The van der Waals surface area contributed by atoms with Crippen LogP contribution in [0.1, 0.15) is 31.2 Å². The molecule has 1 saturated carbocycles. The number of halogens is 3. The van der Waals surface area contributed by atoms with Crippen LogP contribution in [0.5, 0.6) is 0 Å². The number of nitrogens with one attached hydrogen (secondary N) is 2. The lowest BCUT2D eigenvalue weighted by molar-refractivity contribution is -0.152. The van der Waals surface area contributed by atoms with Gasteiger partial charge in [0.2, 0.25) is 0 Å². The molecule has 0 spiro atoms. The van der Waals surface area contributed by atoms with Crippen molar-refractivity contribution in [3.63, 3.8) is 0 Å². The van der Waals surface area contributed by atoms with Gasteiger partial charge in [-0.25, -0.2) is 4.79 Å². The first-order valence-corrected chi connectivity index (χ1v) is 8.71. The highest BCUT2D eigenvalue weighted by molar-refractivity contribution is 5.74. The summed E-state index contributed by atoms with van der Waals surface area (Å²) in [7, 11) is 0. The maximum absolute atomic E-state index is 13.3. The van der Waals surface area contributed by atoms with Crippen molar-refractivity contribution < 1.29 is 22.7 Å². The lowest BCUT2D eigenvalue weighted by Crippen LogP contribution is -2.53. The number of ether oxygens (including phenoxy) is 1. The van der Waals surface area contributed by atoms with Crippen LogP contribution in [0.15, 0.2) is 30.3 Å². The van der Waals surface area contributed by atoms with E-state index in [1.807, 2.05) is 0 Å². The summed E-state index contributed by atoms with van der Waals surface area (Å²) in [6.07, 6.45) is -1.08. The first-order chi connectivity index (χ1) is 11.9. The Balaban J connectivity index is 1.54. The Morgan fingerprint density at radius 3 is 2.56 bits per heavy atom. The molecule has 1 aromatic rings. The molecular weight excluding hydrogens is 333 g/mol. The fourth-order valence-corrected chi connectivity index (χ4v) is 3.24. The van der Waals surface area contributed by atoms with Gasteiger partial charge in [0.25, 0.3) is 0 Å². The summed E-state index contributed by atoms with van der Waals surface area (Å²) in [5, 5.41) is 4.79. The van der Waals surface area contributed by atoms with E-state index in [0.29, 0.717) is 30.9 Å². The summed E-state index contributed by atoms with van der Waals surface area (Å²) >= 11 is 0. The highest BCUT2D eigenvalue weighted by Gasteiger charge is 2.41. The van der Waals surface area contributed by atoms with E-state index in [1.54, 1.807) is 30.3 Å². The molecule has 3 unspecified atom stereocenters. The van der Waals surface area contributed by atoms with Crippen LogP contribution in [-0.4, -0.2) is 37.0 Å². The Hall–Kier alpha value is -1.76. The van der Waals surface area contributed by atoms with Crippen molar-refractivity contribution >= 4 is 6.03 Å². The number of alkyl halides is 3. The molecule has 2 N–H and O–H groups in total. The zero-order valence-electron chi connectivity index (χ0n) is 13.9. The van der Waals surface area contributed by atoms with Crippen LogP contribution < -0.4 is 10.6 Å². The van der Waals surface area contributed by atoms with Crippen LogP contribution in [0.4, 0.5) is 18.0 Å². The van der Waals surface area contributed by atoms with Crippen molar-refractivity contribution in [3.8, 4) is 0 Å². The lowest BCUT2D eigenvalue weighted by Gasteiger charge is -2.31. The van der Waals surface area contributed by atoms with Crippen molar-refractivity contribution in [1.29, 1.82) is 0 Å². The SMILES string of the molecule is O=C(NC1CCOC(C2CC2)C1)NC(Cc1ccccc1)C(F)(F)F. The first-order valence-electron chi connectivity index (χ1n) is 8.71. The van der Waals surface area contributed by atoms with Gasteiger partial charge in [0.1, 0.15) is 6.04 Å². The van der Waals surface area contributed by atoms with Gasteiger partial charge < -0.3 is 15.4 Å². The molecule has 25 heavy (non-hydrogen) atoms. The third-order valence-electron chi connectivity index (χ3n) is 4.78. The van der Waals surface area contributed by atoms with E-state index in [9.17, 15) is 18.0 Å². The number of hydrogen-bond donors (Lipinski definition) is 2. The van der Waals surface area contributed by atoms with Gasteiger partial charge in [-0.2, -0.15) is 13.2 Å². The third-order valence-corrected chi connectivity index (χ3v) is 4.78. The molecule has 0 radical (unpaired) electrons. The summed E-state index contributed by atoms with van der Waals surface area (Å²) in [5.41, 5.74) is 0.532. The fourth-order valence-electron chi connectivity index (χ4n) is 3.24. The number of urea groups is 1. The normalized spacial score (nSPS) is 25.2. The highest BCUT2D eigenvalue weighted by atomic mass is 19.4. The van der Waals surface area contributed by atoms with Gasteiger partial charge in [-0.1, -0.05) is 30.3 Å². The average Bonchev–Trinajstić information content (AvgIpc) is 3.39. The molecule has 3 atom stereocenters. The Morgan fingerprint density at radius 1 is 1.20 bits per heavy atom. The molecule has 2 aliphatic rings. The summed E-state index contributed by atoms with van der Waals surface area (Å²) in [6.45, 7) is 0.541. The molecule has 0 aromatic heterocycles. The quantitative estimate of drug-likeness (QED) is 0.849. The Labute approximate surface area is 145 Å². The molecule has 1 heterocycles. The standard InChI is InChI=1S/C18H23F3N2O2/c19-18(20,21)16(10-12-4-2-1-3-5-12)23-17(24)22-14-8-9-25-15(11-14)13-6-7-13/h1-5,13-16H,6-11H2,(H2,22,23,24). The van der Waals surface area contributed by atoms with Crippen molar-refractivity contribution in [1.82, 2.24) is 10.6 Å². The van der Waals surface area contributed by atoms with Crippen molar-refractivity contribution in [2.75, 3.05) is 6.61 Å². The van der Waals surface area contributed by atoms with E-state index in [4.69, 9.17) is 4.74 Å². The first kappa shape index (κ1) is 18.0. The molecular formula is C18H23F3N2O2. The van der Waals surface area contributed by atoms with E-state index < -0.39 is 18.2 Å². The number of carbonyl (C=O) groups excluding carboxylic acids is 1. The molecule has 2 amide bonds. The van der Waals surface area contributed by atoms with Crippen LogP contribution in [0.2, 0.25) is 0 Å². The van der Waals surface area contributed by atoms with E-state index in [1.165, 1.54) is 0 Å². The van der Waals surface area contributed by atoms with E-state index in [-0.39, 0.29) is 18.6 Å². The minimum Gasteiger partial charge on any atom is -0.378 e. The molecule has 138 valence electrons. The Kier molecular flexibility index (Phi) is 5.51. The number of carbonyl (C=O) groups is 1. The smallest absolute Gasteiger partial charge is 0.378 e. The fraction of sp³-hybridized carbons (Fsp3) is 0.611. The Bertz CT molecular complexity index is 575. The van der Waals surface area contributed by atoms with Crippen LogP contribution >= 0.6 is 0 Å². The number of rotatable bonds is 5. The summed E-state index contributed by atoms with van der Waals surface area (Å²) in [4.78, 5) is 12.1. The average molecular weight is 356 g/mol. The van der Waals surface area contributed by atoms with E-state index >= 15 is 0 Å².